The third-order valence-electron chi connectivity index (χ3n) is 5.43. The Kier molecular flexibility index (Phi) is 6.96. The number of piperidine rings is 1. The Bertz CT molecular complexity index is 711. The molecule has 0 radical (unpaired) electrons. The molecule has 0 bridgehead atoms. The predicted octanol–water partition coefficient (Wildman–Crippen LogP) is 1.06. The Morgan fingerprint density at radius 2 is 2.18 bits per heavy atom. The summed E-state index contributed by atoms with van der Waals surface area (Å²) < 4.78 is 5.06. The number of hydrogen-bond acceptors (Lipinski definition) is 6. The van der Waals surface area contributed by atoms with Gasteiger partial charge in [-0.1, -0.05) is 0 Å². The van der Waals surface area contributed by atoms with Crippen LogP contribution in [0.25, 0.3) is 0 Å². The number of rotatable bonds is 6. The number of fused-ring (bicyclic) bond motifs is 1. The quantitative estimate of drug-likeness (QED) is 0.783. The largest absolute Gasteiger partial charge is 0.383 e. The molecule has 0 unspecified atom stereocenters. The average molecular weight is 390 g/mol. The van der Waals surface area contributed by atoms with Crippen LogP contribution in [0.4, 0.5) is 0 Å². The van der Waals surface area contributed by atoms with Crippen molar-refractivity contribution in [2.75, 3.05) is 33.4 Å². The summed E-state index contributed by atoms with van der Waals surface area (Å²) >= 11 is 0. The van der Waals surface area contributed by atoms with E-state index in [1.54, 1.807) is 14.0 Å². The lowest BCUT2D eigenvalue weighted by Gasteiger charge is -2.35. The number of likely N-dealkylation sites (tertiary alicyclic amines) is 1. The van der Waals surface area contributed by atoms with E-state index in [2.05, 4.69) is 15.2 Å². The zero-order valence-electron chi connectivity index (χ0n) is 17.1. The van der Waals surface area contributed by atoms with Gasteiger partial charge in [-0.25, -0.2) is 9.97 Å². The minimum absolute atomic E-state index is 0.000170. The number of aromatic nitrogens is 2. The number of nitrogens with zero attached hydrogens (tertiary/aromatic N) is 4. The zero-order chi connectivity index (χ0) is 20.1. The first kappa shape index (κ1) is 20.7. The molecule has 2 atom stereocenters. The second-order valence-electron chi connectivity index (χ2n) is 7.81. The molecule has 0 aliphatic carbocycles. The molecule has 0 aromatic carbocycles. The Morgan fingerprint density at radius 1 is 1.36 bits per heavy atom. The molecular formula is C20H31N5O3. The Balaban J connectivity index is 1.62. The molecule has 1 saturated heterocycles. The Labute approximate surface area is 166 Å². The van der Waals surface area contributed by atoms with E-state index in [9.17, 15) is 9.59 Å². The molecule has 8 heteroatoms. The fraction of sp³-hybridized carbons (Fsp3) is 0.700. The Morgan fingerprint density at radius 3 is 2.93 bits per heavy atom. The number of methoxy groups -OCH3 is 1. The first-order valence-corrected chi connectivity index (χ1v) is 10.1. The number of amides is 2. The molecule has 154 valence electrons. The third kappa shape index (κ3) is 5.05. The Hall–Kier alpha value is -2.06. The van der Waals surface area contributed by atoms with Crippen molar-refractivity contribution in [2.24, 2.45) is 0 Å². The molecule has 0 saturated carbocycles. The van der Waals surface area contributed by atoms with Crippen LogP contribution in [0.3, 0.4) is 0 Å². The summed E-state index contributed by atoms with van der Waals surface area (Å²) in [6.07, 6.45) is 5.73. The van der Waals surface area contributed by atoms with Crippen molar-refractivity contribution >= 4 is 11.8 Å². The van der Waals surface area contributed by atoms with Gasteiger partial charge in [-0.05, 0) is 26.2 Å². The minimum atomic E-state index is -0.0115. The average Bonchev–Trinajstić information content (AvgIpc) is 2.67. The predicted molar refractivity (Wildman–Crippen MR) is 104 cm³/mol. The van der Waals surface area contributed by atoms with Crippen molar-refractivity contribution in [1.82, 2.24) is 25.1 Å². The highest BCUT2D eigenvalue weighted by Crippen LogP contribution is 2.29. The van der Waals surface area contributed by atoms with Crippen LogP contribution in [0, 0.1) is 0 Å². The lowest BCUT2D eigenvalue weighted by Crippen LogP contribution is -2.44. The third-order valence-corrected chi connectivity index (χ3v) is 5.43. The van der Waals surface area contributed by atoms with Crippen molar-refractivity contribution in [1.29, 1.82) is 0 Å². The van der Waals surface area contributed by atoms with Crippen molar-refractivity contribution in [3.63, 3.8) is 0 Å². The maximum atomic E-state index is 12.2. The molecule has 1 aromatic heterocycles. The van der Waals surface area contributed by atoms with Gasteiger partial charge in [0.05, 0.1) is 19.2 Å². The van der Waals surface area contributed by atoms with Crippen molar-refractivity contribution in [3.05, 3.63) is 23.3 Å². The van der Waals surface area contributed by atoms with Crippen LogP contribution in [0.1, 0.15) is 56.2 Å². The number of nitrogens with one attached hydrogen (secondary N) is 1. The van der Waals surface area contributed by atoms with Crippen molar-refractivity contribution in [2.45, 2.75) is 58.2 Å². The first-order chi connectivity index (χ1) is 13.5. The molecule has 3 rings (SSSR count). The van der Waals surface area contributed by atoms with Crippen LogP contribution in [0.15, 0.2) is 6.20 Å². The molecule has 8 nitrogen and oxygen atoms in total. The van der Waals surface area contributed by atoms with Gasteiger partial charge in [-0.15, -0.1) is 0 Å². The van der Waals surface area contributed by atoms with E-state index in [1.807, 2.05) is 18.0 Å². The van der Waals surface area contributed by atoms with Gasteiger partial charge >= 0.3 is 0 Å². The summed E-state index contributed by atoms with van der Waals surface area (Å²) in [5.41, 5.74) is 2.11. The molecule has 3 heterocycles. The second-order valence-corrected chi connectivity index (χ2v) is 7.81. The number of carbonyl (C=O) groups is 2. The van der Waals surface area contributed by atoms with Gasteiger partial charge in [0.2, 0.25) is 11.8 Å². The van der Waals surface area contributed by atoms with Crippen LogP contribution in [-0.4, -0.2) is 71.0 Å². The van der Waals surface area contributed by atoms with Crippen molar-refractivity contribution in [3.8, 4) is 0 Å². The lowest BCUT2D eigenvalue weighted by molar-refractivity contribution is -0.132. The molecular weight excluding hydrogens is 358 g/mol. The summed E-state index contributed by atoms with van der Waals surface area (Å²) in [6, 6.07) is -0.0113. The number of ether oxygens (including phenoxy) is 1. The highest BCUT2D eigenvalue weighted by molar-refractivity contribution is 5.78. The maximum absolute atomic E-state index is 12.2. The van der Waals surface area contributed by atoms with E-state index in [4.69, 9.17) is 9.72 Å². The second kappa shape index (κ2) is 9.43. The molecule has 1 N–H and O–H groups in total. The van der Waals surface area contributed by atoms with E-state index in [-0.39, 0.29) is 23.9 Å². The zero-order valence-corrected chi connectivity index (χ0v) is 17.1. The standard InChI is InChI=1S/C20H31N5O3/c1-14(13-28-3)22-19(27)12-24-9-7-17-16(11-24)10-21-20(23-17)18-6-4-5-8-25(18)15(2)26/h10,14,18H,4-9,11-13H2,1-3H3,(H,22,27)/t14-,18-/m0/s1. The molecule has 1 fully saturated rings. The van der Waals surface area contributed by atoms with E-state index in [0.717, 1.165) is 55.9 Å². The maximum Gasteiger partial charge on any atom is 0.234 e. The van der Waals surface area contributed by atoms with Gasteiger partial charge in [0.25, 0.3) is 0 Å². The van der Waals surface area contributed by atoms with Gasteiger partial charge in [-0.3, -0.25) is 14.5 Å². The number of carbonyl (C=O) groups excluding carboxylic acids is 2. The summed E-state index contributed by atoms with van der Waals surface area (Å²) in [5, 5.41) is 2.95. The van der Waals surface area contributed by atoms with Gasteiger partial charge in [-0.2, -0.15) is 0 Å². The monoisotopic (exact) mass is 389 g/mol. The van der Waals surface area contributed by atoms with Crippen molar-refractivity contribution < 1.29 is 14.3 Å². The first-order valence-electron chi connectivity index (χ1n) is 10.1. The highest BCUT2D eigenvalue weighted by Gasteiger charge is 2.29. The van der Waals surface area contributed by atoms with Crippen LogP contribution in [0.2, 0.25) is 0 Å². The highest BCUT2D eigenvalue weighted by atomic mass is 16.5. The smallest absolute Gasteiger partial charge is 0.234 e. The molecule has 2 aliphatic rings. The van der Waals surface area contributed by atoms with E-state index in [0.29, 0.717) is 19.7 Å². The van der Waals surface area contributed by atoms with Crippen LogP contribution in [0.5, 0.6) is 0 Å². The molecule has 2 amide bonds. The summed E-state index contributed by atoms with van der Waals surface area (Å²) in [5.74, 6) is 0.851. The van der Waals surface area contributed by atoms with Gasteiger partial charge < -0.3 is 15.0 Å². The summed E-state index contributed by atoms with van der Waals surface area (Å²) in [6.45, 7) is 6.65. The van der Waals surface area contributed by atoms with Gasteiger partial charge in [0, 0.05) is 63.6 Å². The molecule has 2 aliphatic heterocycles. The normalized spacial score (nSPS) is 21.1. The SMILES string of the molecule is COC[C@H](C)NC(=O)CN1CCc2nc([C@@H]3CCCCN3C(C)=O)ncc2C1. The molecule has 0 spiro atoms. The van der Waals surface area contributed by atoms with E-state index < -0.39 is 0 Å². The van der Waals surface area contributed by atoms with Crippen LogP contribution in [-0.2, 0) is 27.3 Å². The summed E-state index contributed by atoms with van der Waals surface area (Å²) in [4.78, 5) is 37.5. The fourth-order valence-electron chi connectivity index (χ4n) is 4.08. The molecule has 28 heavy (non-hydrogen) atoms. The number of hydrogen-bond donors (Lipinski definition) is 1. The molecule has 1 aromatic rings. The topological polar surface area (TPSA) is 87.7 Å². The van der Waals surface area contributed by atoms with E-state index in [1.165, 1.54) is 0 Å². The van der Waals surface area contributed by atoms with Gasteiger partial charge in [0.15, 0.2) is 5.82 Å². The minimum Gasteiger partial charge on any atom is -0.383 e. The van der Waals surface area contributed by atoms with Crippen LogP contribution < -0.4 is 5.32 Å². The summed E-state index contributed by atoms with van der Waals surface area (Å²) in [7, 11) is 1.63. The van der Waals surface area contributed by atoms with E-state index >= 15 is 0 Å². The van der Waals surface area contributed by atoms with Gasteiger partial charge in [0.1, 0.15) is 0 Å². The lowest BCUT2D eigenvalue weighted by atomic mass is 10.0. The van der Waals surface area contributed by atoms with Crippen LogP contribution >= 0.6 is 0 Å². The fourth-order valence-corrected chi connectivity index (χ4v) is 4.08.